The second-order valence-corrected chi connectivity index (χ2v) is 3.44. The highest BCUT2D eigenvalue weighted by Gasteiger charge is 1.93. The molecule has 2 N–H and O–H groups in total. The molecular weight excluding hydrogens is 272 g/mol. The number of hydrogen-bond donors (Lipinski definition) is 1. The van der Waals surface area contributed by atoms with Gasteiger partial charge in [0.2, 0.25) is 0 Å². The first kappa shape index (κ1) is 12.9. The molecule has 0 unspecified atom stereocenters. The lowest BCUT2D eigenvalue weighted by Crippen LogP contribution is -1.90. The summed E-state index contributed by atoms with van der Waals surface area (Å²) in [5, 5.41) is 0.746. The van der Waals surface area contributed by atoms with Gasteiger partial charge < -0.3 is 5.73 Å². The van der Waals surface area contributed by atoms with Crippen LogP contribution in [0.25, 0.3) is 0 Å². The minimum atomic E-state index is 0.245. The summed E-state index contributed by atoms with van der Waals surface area (Å²) in [7, 11) is 0. The minimum absolute atomic E-state index is 0.245. The van der Waals surface area contributed by atoms with Crippen LogP contribution in [0.1, 0.15) is 0 Å². The number of rotatable bonds is 0. The molecule has 2 aromatic heterocycles. The van der Waals surface area contributed by atoms with Crippen LogP contribution in [0.3, 0.4) is 0 Å². The van der Waals surface area contributed by atoms with E-state index in [9.17, 15) is 0 Å². The van der Waals surface area contributed by atoms with Crippen LogP contribution in [-0.4, -0.2) is 19.9 Å². The van der Waals surface area contributed by atoms with Crippen LogP contribution < -0.4 is 5.73 Å². The highest BCUT2D eigenvalue weighted by Crippen LogP contribution is 2.12. The molecule has 0 radical (unpaired) electrons. The van der Waals surface area contributed by atoms with Crippen molar-refractivity contribution < 1.29 is 0 Å². The largest absolute Gasteiger partial charge is 0.381 e. The molecule has 0 aliphatic carbocycles. The number of nitrogens with two attached hydrogens (primary N) is 1. The van der Waals surface area contributed by atoms with E-state index in [1.54, 1.807) is 0 Å². The fourth-order valence-electron chi connectivity index (χ4n) is 0.636. The normalized spacial score (nSPS) is 9.19. The average molecular weight is 279 g/mol. The first-order chi connectivity index (χ1) is 7.61. The fraction of sp³-hybridized carbons (Fsp3) is 0. The van der Waals surface area contributed by atoms with E-state index >= 15 is 0 Å². The van der Waals surface area contributed by atoms with Gasteiger partial charge in [-0.3, -0.25) is 0 Å². The smallest absolute Gasteiger partial charge is 0.171 e. The van der Waals surface area contributed by atoms with Crippen LogP contribution in [0.5, 0.6) is 0 Å². The maximum Gasteiger partial charge on any atom is 0.171 e. The lowest BCUT2D eigenvalue weighted by Gasteiger charge is -1.89. The molecule has 0 bridgehead atoms. The summed E-state index contributed by atoms with van der Waals surface area (Å²) in [5.74, 6) is 0.272. The molecule has 84 valence electrons. The van der Waals surface area contributed by atoms with E-state index < -0.39 is 0 Å². The van der Waals surface area contributed by atoms with E-state index in [0.29, 0.717) is 0 Å². The fourth-order valence-corrected chi connectivity index (χ4v) is 0.951. The predicted octanol–water partition coefficient (Wildman–Crippen LogP) is 2.50. The van der Waals surface area contributed by atoms with Crippen LogP contribution in [0.15, 0.2) is 24.8 Å². The van der Waals surface area contributed by atoms with Crippen molar-refractivity contribution in [2.75, 3.05) is 5.73 Å². The Morgan fingerprint density at radius 1 is 0.688 bits per heavy atom. The van der Waals surface area contributed by atoms with Crippen LogP contribution in [0.4, 0.5) is 5.82 Å². The summed E-state index contributed by atoms with van der Waals surface area (Å²) in [4.78, 5) is 14.6. The first-order valence-electron chi connectivity index (χ1n) is 3.95. The molecular formula is C8H6Cl3N5. The molecule has 0 saturated carbocycles. The third kappa shape index (κ3) is 4.14. The third-order valence-corrected chi connectivity index (χ3v) is 2.23. The number of aromatic nitrogens is 4. The van der Waals surface area contributed by atoms with Crippen LogP contribution in [-0.2, 0) is 0 Å². The van der Waals surface area contributed by atoms with Gasteiger partial charge in [-0.25, -0.2) is 19.9 Å². The molecule has 0 spiro atoms. The van der Waals surface area contributed by atoms with Gasteiger partial charge in [0.15, 0.2) is 21.3 Å². The van der Waals surface area contributed by atoms with E-state index in [2.05, 4.69) is 19.9 Å². The summed E-state index contributed by atoms with van der Waals surface area (Å²) in [6.45, 7) is 0. The predicted molar refractivity (Wildman–Crippen MR) is 63.5 cm³/mol. The number of anilines is 1. The number of hydrogen-bond acceptors (Lipinski definition) is 5. The summed E-state index contributed by atoms with van der Waals surface area (Å²) in [6.07, 6.45) is 5.93. The second-order valence-electron chi connectivity index (χ2n) is 2.37. The van der Waals surface area contributed by atoms with Crippen molar-refractivity contribution >= 4 is 40.6 Å². The summed E-state index contributed by atoms with van der Waals surface area (Å²) in [6, 6.07) is 0. The first-order valence-corrected chi connectivity index (χ1v) is 5.08. The van der Waals surface area contributed by atoms with Crippen molar-refractivity contribution in [1.29, 1.82) is 0 Å². The van der Waals surface area contributed by atoms with Crippen LogP contribution in [0.2, 0.25) is 15.5 Å². The SMILES string of the molecule is Clc1nccnc1Cl.Nc1nccnc1Cl. The van der Waals surface area contributed by atoms with E-state index in [1.807, 2.05) is 0 Å². The zero-order chi connectivity index (χ0) is 12.0. The molecule has 5 nitrogen and oxygen atoms in total. The molecule has 0 saturated heterocycles. The Morgan fingerprint density at radius 3 is 1.31 bits per heavy atom. The lowest BCUT2D eigenvalue weighted by atomic mass is 10.7. The van der Waals surface area contributed by atoms with Crippen molar-refractivity contribution in [3.63, 3.8) is 0 Å². The van der Waals surface area contributed by atoms with Crippen molar-refractivity contribution in [3.8, 4) is 0 Å². The lowest BCUT2D eigenvalue weighted by molar-refractivity contribution is 1.20. The Morgan fingerprint density at radius 2 is 1.06 bits per heavy atom. The Labute approximate surface area is 107 Å². The second kappa shape index (κ2) is 6.42. The molecule has 0 amide bonds. The van der Waals surface area contributed by atoms with Gasteiger partial charge in [0.1, 0.15) is 0 Å². The molecule has 16 heavy (non-hydrogen) atoms. The van der Waals surface area contributed by atoms with E-state index in [0.717, 1.165) is 0 Å². The topological polar surface area (TPSA) is 77.6 Å². The third-order valence-electron chi connectivity index (χ3n) is 1.29. The molecule has 2 aromatic rings. The maximum absolute atomic E-state index is 5.41. The Kier molecular flexibility index (Phi) is 5.18. The van der Waals surface area contributed by atoms with Crippen molar-refractivity contribution in [3.05, 3.63) is 40.2 Å². The molecule has 0 aliphatic heterocycles. The van der Waals surface area contributed by atoms with Gasteiger partial charge in [0, 0.05) is 24.8 Å². The maximum atomic E-state index is 5.41. The van der Waals surface area contributed by atoms with Crippen molar-refractivity contribution in [1.82, 2.24) is 19.9 Å². The van der Waals surface area contributed by atoms with E-state index in [4.69, 9.17) is 40.5 Å². The van der Waals surface area contributed by atoms with Crippen molar-refractivity contribution in [2.24, 2.45) is 0 Å². The number of nitrogen functional groups attached to an aromatic ring is 1. The molecule has 0 fully saturated rings. The number of nitrogens with zero attached hydrogens (tertiary/aromatic N) is 4. The van der Waals surface area contributed by atoms with Gasteiger partial charge in [-0.2, -0.15) is 0 Å². The molecule has 2 rings (SSSR count). The Balaban J connectivity index is 0.000000160. The Hall–Kier alpha value is -1.17. The molecule has 8 heteroatoms. The summed E-state index contributed by atoms with van der Waals surface area (Å²) < 4.78 is 0. The summed E-state index contributed by atoms with van der Waals surface area (Å²) in [5.41, 5.74) is 5.21. The molecule has 0 aliphatic rings. The van der Waals surface area contributed by atoms with Crippen LogP contribution >= 0.6 is 34.8 Å². The molecule has 0 aromatic carbocycles. The summed E-state index contributed by atoms with van der Waals surface area (Å²) >= 11 is 16.2. The van der Waals surface area contributed by atoms with E-state index in [-0.39, 0.29) is 21.3 Å². The monoisotopic (exact) mass is 277 g/mol. The van der Waals surface area contributed by atoms with Gasteiger partial charge in [-0.15, -0.1) is 0 Å². The van der Waals surface area contributed by atoms with Gasteiger partial charge >= 0.3 is 0 Å². The van der Waals surface area contributed by atoms with Crippen LogP contribution in [0, 0.1) is 0 Å². The highest BCUT2D eigenvalue weighted by atomic mass is 35.5. The average Bonchev–Trinajstić information content (AvgIpc) is 2.28. The van der Waals surface area contributed by atoms with Gasteiger partial charge in [0.05, 0.1) is 0 Å². The molecule has 0 atom stereocenters. The zero-order valence-corrected chi connectivity index (χ0v) is 10.1. The standard InChI is InChI=1S/C4H2Cl2N2.C4H4ClN3/c2*5-3-4(6)8-2-1-7-3/h1-2H;1-2H,(H2,6,8). The number of halogens is 3. The van der Waals surface area contributed by atoms with Gasteiger partial charge in [0.25, 0.3) is 0 Å². The quantitative estimate of drug-likeness (QED) is 0.801. The van der Waals surface area contributed by atoms with Crippen molar-refractivity contribution in [2.45, 2.75) is 0 Å². The minimum Gasteiger partial charge on any atom is -0.381 e. The molecule has 2 heterocycles. The van der Waals surface area contributed by atoms with Gasteiger partial charge in [-0.1, -0.05) is 34.8 Å². The van der Waals surface area contributed by atoms with E-state index in [1.165, 1.54) is 24.8 Å². The zero-order valence-electron chi connectivity index (χ0n) is 7.81. The van der Waals surface area contributed by atoms with Gasteiger partial charge in [-0.05, 0) is 0 Å². The Bertz CT molecular complexity index is 379. The highest BCUT2D eigenvalue weighted by molar-refractivity contribution is 6.40.